The lowest BCUT2D eigenvalue weighted by Gasteiger charge is -2.34. The molecule has 0 aliphatic heterocycles. The minimum atomic E-state index is -3.97. The van der Waals surface area contributed by atoms with E-state index in [2.05, 4.69) is 5.32 Å². The standard InChI is InChI=1S/C28H30Cl3N3O4S/c1-19(2)32-28(36)25(16-20-9-5-4-6-10-20)33(17-21-11-7-12-22(29)15-21)26(35)18-34(39(3,37)38)24-14-8-13-23(30)27(24)31/h4-15,19,25H,16-18H2,1-3H3,(H,32,36). The molecule has 3 rings (SSSR count). The first-order valence-electron chi connectivity index (χ1n) is 12.2. The number of hydrogen-bond acceptors (Lipinski definition) is 4. The smallest absolute Gasteiger partial charge is 0.244 e. The predicted molar refractivity (Wildman–Crippen MR) is 158 cm³/mol. The third kappa shape index (κ3) is 8.60. The zero-order valence-electron chi connectivity index (χ0n) is 21.8. The third-order valence-electron chi connectivity index (χ3n) is 5.82. The Morgan fingerprint density at radius 3 is 2.15 bits per heavy atom. The summed E-state index contributed by atoms with van der Waals surface area (Å²) >= 11 is 18.7. The summed E-state index contributed by atoms with van der Waals surface area (Å²) in [5, 5.41) is 3.51. The van der Waals surface area contributed by atoms with E-state index in [-0.39, 0.29) is 40.6 Å². The van der Waals surface area contributed by atoms with E-state index in [1.54, 1.807) is 30.3 Å². The highest BCUT2D eigenvalue weighted by Gasteiger charge is 2.33. The molecule has 3 aromatic carbocycles. The summed E-state index contributed by atoms with van der Waals surface area (Å²) in [5.41, 5.74) is 1.58. The van der Waals surface area contributed by atoms with E-state index in [4.69, 9.17) is 34.8 Å². The van der Waals surface area contributed by atoms with Gasteiger partial charge in [-0.25, -0.2) is 8.42 Å². The van der Waals surface area contributed by atoms with Gasteiger partial charge in [0.2, 0.25) is 21.8 Å². The summed E-state index contributed by atoms with van der Waals surface area (Å²) in [6.45, 7) is 3.07. The topological polar surface area (TPSA) is 86.8 Å². The molecule has 0 aliphatic carbocycles. The van der Waals surface area contributed by atoms with Gasteiger partial charge in [0, 0.05) is 24.0 Å². The summed E-state index contributed by atoms with van der Waals surface area (Å²) in [4.78, 5) is 28.9. The largest absolute Gasteiger partial charge is 0.352 e. The van der Waals surface area contributed by atoms with Gasteiger partial charge in [-0.05, 0) is 49.2 Å². The van der Waals surface area contributed by atoms with Gasteiger partial charge in [0.1, 0.15) is 12.6 Å². The monoisotopic (exact) mass is 609 g/mol. The highest BCUT2D eigenvalue weighted by atomic mass is 35.5. The average molecular weight is 611 g/mol. The summed E-state index contributed by atoms with van der Waals surface area (Å²) < 4.78 is 26.6. The molecule has 2 amide bonds. The number of carbonyl (C=O) groups is 2. The van der Waals surface area contributed by atoms with Crippen LogP contribution in [0.3, 0.4) is 0 Å². The second kappa shape index (κ2) is 13.5. The minimum absolute atomic E-state index is 0.00262. The number of rotatable bonds is 11. The molecule has 0 aliphatic rings. The number of benzene rings is 3. The highest BCUT2D eigenvalue weighted by Crippen LogP contribution is 2.34. The lowest BCUT2D eigenvalue weighted by Crippen LogP contribution is -2.54. The molecule has 11 heteroatoms. The number of nitrogens with one attached hydrogen (secondary N) is 1. The molecule has 1 N–H and O–H groups in total. The van der Waals surface area contributed by atoms with E-state index in [0.717, 1.165) is 16.1 Å². The molecule has 0 fully saturated rings. The molecule has 0 heterocycles. The van der Waals surface area contributed by atoms with E-state index in [1.165, 1.54) is 17.0 Å². The second-order valence-electron chi connectivity index (χ2n) is 9.36. The Bertz CT molecular complexity index is 1420. The Labute approximate surface area is 244 Å². The van der Waals surface area contributed by atoms with Crippen molar-refractivity contribution in [1.82, 2.24) is 10.2 Å². The van der Waals surface area contributed by atoms with Crippen molar-refractivity contribution in [3.05, 3.63) is 99.0 Å². The maximum atomic E-state index is 14.0. The van der Waals surface area contributed by atoms with Crippen LogP contribution in [-0.2, 0) is 32.6 Å². The van der Waals surface area contributed by atoms with Crippen LogP contribution in [0, 0.1) is 0 Å². The van der Waals surface area contributed by atoms with Crippen LogP contribution in [0.1, 0.15) is 25.0 Å². The van der Waals surface area contributed by atoms with Crippen molar-refractivity contribution in [3.63, 3.8) is 0 Å². The van der Waals surface area contributed by atoms with E-state index in [1.807, 2.05) is 44.2 Å². The van der Waals surface area contributed by atoms with Crippen LogP contribution in [0.4, 0.5) is 5.69 Å². The highest BCUT2D eigenvalue weighted by molar-refractivity contribution is 7.92. The molecule has 7 nitrogen and oxygen atoms in total. The molecule has 0 aromatic heterocycles. The number of nitrogens with zero attached hydrogens (tertiary/aromatic N) is 2. The molecule has 0 bridgehead atoms. The van der Waals surface area contributed by atoms with Crippen LogP contribution >= 0.6 is 34.8 Å². The fourth-order valence-corrected chi connectivity index (χ4v) is 5.56. The molecule has 39 heavy (non-hydrogen) atoms. The Balaban J connectivity index is 2.08. The fourth-order valence-electron chi connectivity index (χ4n) is 4.05. The quantitative estimate of drug-likeness (QED) is 0.307. The molecular formula is C28H30Cl3N3O4S. The third-order valence-corrected chi connectivity index (χ3v) is 7.99. The molecule has 0 spiro atoms. The van der Waals surface area contributed by atoms with Crippen LogP contribution in [0.15, 0.2) is 72.8 Å². The molecule has 0 saturated heterocycles. The minimum Gasteiger partial charge on any atom is -0.352 e. The number of carbonyl (C=O) groups excluding carboxylic acids is 2. The Morgan fingerprint density at radius 1 is 0.897 bits per heavy atom. The van der Waals surface area contributed by atoms with Crippen LogP contribution in [-0.4, -0.2) is 50.0 Å². The van der Waals surface area contributed by atoms with Gasteiger partial charge in [-0.1, -0.05) is 83.3 Å². The van der Waals surface area contributed by atoms with Crippen molar-refractivity contribution in [1.29, 1.82) is 0 Å². The predicted octanol–water partition coefficient (Wildman–Crippen LogP) is 5.58. The SMILES string of the molecule is CC(C)NC(=O)C(Cc1ccccc1)N(Cc1cccc(Cl)c1)C(=O)CN(c1cccc(Cl)c1Cl)S(C)(=O)=O. The van der Waals surface area contributed by atoms with Crippen molar-refractivity contribution >= 4 is 62.3 Å². The molecule has 3 aromatic rings. The number of hydrogen-bond donors (Lipinski definition) is 1. The first-order valence-corrected chi connectivity index (χ1v) is 15.1. The number of sulfonamides is 1. The van der Waals surface area contributed by atoms with Gasteiger partial charge in [-0.3, -0.25) is 13.9 Å². The van der Waals surface area contributed by atoms with Gasteiger partial charge >= 0.3 is 0 Å². The Kier molecular flexibility index (Phi) is 10.7. The van der Waals surface area contributed by atoms with Gasteiger partial charge in [0.15, 0.2) is 0 Å². The van der Waals surface area contributed by atoms with Gasteiger partial charge in [-0.2, -0.15) is 0 Å². The Hall–Kier alpha value is -2.78. The first-order chi connectivity index (χ1) is 18.4. The number of halogens is 3. The molecule has 1 unspecified atom stereocenters. The van der Waals surface area contributed by atoms with Crippen LogP contribution in [0.5, 0.6) is 0 Å². The van der Waals surface area contributed by atoms with Crippen LogP contribution < -0.4 is 9.62 Å². The van der Waals surface area contributed by atoms with E-state index < -0.39 is 28.5 Å². The molecular weight excluding hydrogens is 581 g/mol. The van der Waals surface area contributed by atoms with Crippen molar-refractivity contribution in [2.45, 2.75) is 38.9 Å². The summed E-state index contributed by atoms with van der Waals surface area (Å²) in [6, 6.07) is 19.6. The van der Waals surface area contributed by atoms with Gasteiger partial charge in [0.05, 0.1) is 22.0 Å². The lowest BCUT2D eigenvalue weighted by molar-refractivity contribution is -0.140. The van der Waals surface area contributed by atoms with Crippen molar-refractivity contribution in [2.24, 2.45) is 0 Å². The zero-order chi connectivity index (χ0) is 28.7. The number of amides is 2. The van der Waals surface area contributed by atoms with E-state index >= 15 is 0 Å². The van der Waals surface area contributed by atoms with Gasteiger partial charge in [0.25, 0.3) is 0 Å². The Morgan fingerprint density at radius 2 is 1.54 bits per heavy atom. The molecule has 1 atom stereocenters. The first kappa shape index (κ1) is 30.8. The van der Waals surface area contributed by atoms with Gasteiger partial charge in [-0.15, -0.1) is 0 Å². The molecule has 0 saturated carbocycles. The van der Waals surface area contributed by atoms with Crippen LogP contribution in [0.25, 0.3) is 0 Å². The van der Waals surface area contributed by atoms with E-state index in [0.29, 0.717) is 10.6 Å². The summed E-state index contributed by atoms with van der Waals surface area (Å²) in [5.74, 6) is -0.966. The van der Waals surface area contributed by atoms with E-state index in [9.17, 15) is 18.0 Å². The summed E-state index contributed by atoms with van der Waals surface area (Å²) in [7, 11) is -3.97. The zero-order valence-corrected chi connectivity index (χ0v) is 24.9. The number of anilines is 1. The fraction of sp³-hybridized carbons (Fsp3) is 0.286. The van der Waals surface area contributed by atoms with Crippen molar-refractivity contribution in [2.75, 3.05) is 17.1 Å². The molecule has 208 valence electrons. The average Bonchev–Trinajstić information content (AvgIpc) is 2.86. The maximum absolute atomic E-state index is 14.0. The summed E-state index contributed by atoms with van der Waals surface area (Å²) in [6.07, 6.45) is 1.19. The van der Waals surface area contributed by atoms with Crippen molar-refractivity contribution in [3.8, 4) is 0 Å². The maximum Gasteiger partial charge on any atom is 0.244 e. The van der Waals surface area contributed by atoms with Gasteiger partial charge < -0.3 is 10.2 Å². The normalized spacial score (nSPS) is 12.2. The van der Waals surface area contributed by atoms with Crippen LogP contribution in [0.2, 0.25) is 15.1 Å². The molecule has 0 radical (unpaired) electrons. The second-order valence-corrected chi connectivity index (χ2v) is 12.5. The van der Waals surface area contributed by atoms with Crippen molar-refractivity contribution < 1.29 is 18.0 Å². The lowest BCUT2D eigenvalue weighted by atomic mass is 10.0.